The van der Waals surface area contributed by atoms with Crippen molar-refractivity contribution in [3.8, 4) is 0 Å². The van der Waals surface area contributed by atoms with E-state index in [9.17, 15) is 43.2 Å². The van der Waals surface area contributed by atoms with Crippen LogP contribution in [0.25, 0.3) is 0 Å². The highest BCUT2D eigenvalue weighted by atomic mass is 16.7. The summed E-state index contributed by atoms with van der Waals surface area (Å²) in [5, 5.41) is 14.5. The number of ether oxygens (including phenoxy) is 12. The average Bonchev–Trinajstić information content (AvgIpc) is 3.53. The van der Waals surface area contributed by atoms with Crippen molar-refractivity contribution in [3.63, 3.8) is 0 Å². The van der Waals surface area contributed by atoms with Crippen LogP contribution in [-0.2, 0) is 92.2 Å². The number of carbonyl (C=O) groups excluding carboxylic acids is 9. The number of benzene rings is 1. The highest BCUT2D eigenvalue weighted by Gasteiger charge is 2.57. The van der Waals surface area contributed by atoms with Gasteiger partial charge in [0.2, 0.25) is 0 Å². The number of alkyl carbamates (subject to hydrolysis) is 3. The fourth-order valence-electron chi connectivity index (χ4n) is 9.21. The monoisotopic (exact) mass is 1150 g/mol. The van der Waals surface area contributed by atoms with Gasteiger partial charge in [-0.15, -0.1) is 0 Å². The van der Waals surface area contributed by atoms with Crippen LogP contribution in [0.3, 0.4) is 0 Å². The molecule has 2 heterocycles. The maximum atomic E-state index is 14.5. The summed E-state index contributed by atoms with van der Waals surface area (Å²) in [6.45, 7) is 21.8. The first-order valence-electron chi connectivity index (χ1n) is 27.2. The third-order valence-corrected chi connectivity index (χ3v) is 12.1. The Labute approximate surface area is 473 Å². The van der Waals surface area contributed by atoms with Gasteiger partial charge in [-0.3, -0.25) is 28.8 Å². The van der Waals surface area contributed by atoms with Crippen LogP contribution in [-0.4, -0.2) is 170 Å². The van der Waals surface area contributed by atoms with Gasteiger partial charge in [0.1, 0.15) is 41.7 Å². The fraction of sp³-hybridized carbons (Fsp3) is 0.727. The molecule has 3 fully saturated rings. The molecular formula is C55H85N5O21. The maximum absolute atomic E-state index is 14.5. The van der Waals surface area contributed by atoms with E-state index >= 15 is 0 Å². The molecular weight excluding hydrogens is 1070 g/mol. The first-order chi connectivity index (χ1) is 37.7. The largest absolute Gasteiger partial charge is 0.463 e. The van der Waals surface area contributed by atoms with Crippen molar-refractivity contribution in [3.05, 3.63) is 35.9 Å². The lowest BCUT2D eigenvalue weighted by molar-refractivity contribution is -0.320. The molecule has 1 saturated carbocycles. The van der Waals surface area contributed by atoms with Gasteiger partial charge in [-0.1, -0.05) is 43.7 Å². The molecule has 2 saturated heterocycles. The zero-order valence-corrected chi connectivity index (χ0v) is 49.2. The van der Waals surface area contributed by atoms with Crippen molar-refractivity contribution in [2.75, 3.05) is 13.2 Å². The third kappa shape index (κ3) is 23.2. The lowest BCUT2D eigenvalue weighted by Crippen LogP contribution is -2.71. The van der Waals surface area contributed by atoms with Gasteiger partial charge in [-0.2, -0.15) is 0 Å². The lowest BCUT2D eigenvalue weighted by Gasteiger charge is -2.51. The lowest BCUT2D eigenvalue weighted by atomic mass is 9.82. The standard InChI is InChI=1S/C55H85N5O21/c1-16-20-39(71-30(3)62)47(66)58-37-25-38(60-52(69)81-55(13,14)15)43(77-48-36(59-51(68)80-54(10,11)12)24-23-35(75-48)27-57-50(67)79-53(7,8)9)46(74-33(6)65)42(37)78-49-45(73-32(5)64)41(56-26-34-21-18-17-19-22-34)44(72-31(4)63)40(76-49)28-70-29(2)61/h17-19,21-22,35-46,48-49,56H,16,20,23-28H2,1-15H3,(H,57,67)(H,58,66)(H,59,68)(H,60,69)/t35-,36?,37+,38+,39-,40?,41-,42-,43?,44+,45?,46?,48+,49+/m0/s1. The van der Waals surface area contributed by atoms with Gasteiger partial charge in [0.05, 0.1) is 30.3 Å². The number of hydrogen-bond acceptors (Lipinski definition) is 22. The second kappa shape index (κ2) is 30.1. The molecule has 0 aromatic heterocycles. The Balaban J connectivity index is 2.00. The molecule has 14 atom stereocenters. The summed E-state index contributed by atoms with van der Waals surface area (Å²) in [4.78, 5) is 120. The minimum Gasteiger partial charge on any atom is -0.463 e. The molecule has 0 spiro atoms. The van der Waals surface area contributed by atoms with E-state index < -0.39 is 163 Å². The van der Waals surface area contributed by atoms with Crippen molar-refractivity contribution in [2.45, 2.75) is 245 Å². The normalized spacial score (nSPS) is 27.1. The summed E-state index contributed by atoms with van der Waals surface area (Å²) in [5.74, 6) is -4.90. The molecule has 456 valence electrons. The Morgan fingerprint density at radius 2 is 1.10 bits per heavy atom. The summed E-state index contributed by atoms with van der Waals surface area (Å²) in [5.41, 5.74) is -2.10. The van der Waals surface area contributed by atoms with Crippen molar-refractivity contribution < 1.29 is 100.0 Å². The highest BCUT2D eigenvalue weighted by Crippen LogP contribution is 2.36. The second-order valence-electron chi connectivity index (χ2n) is 23.0. The summed E-state index contributed by atoms with van der Waals surface area (Å²) in [6.07, 6.45) is -16.9. The average molecular weight is 1150 g/mol. The van der Waals surface area contributed by atoms with E-state index in [0.717, 1.165) is 40.2 Å². The number of amides is 4. The van der Waals surface area contributed by atoms with Gasteiger partial charge >= 0.3 is 48.1 Å². The van der Waals surface area contributed by atoms with Crippen LogP contribution in [0.1, 0.15) is 142 Å². The quantitative estimate of drug-likeness (QED) is 0.0839. The van der Waals surface area contributed by atoms with Crippen LogP contribution in [0.4, 0.5) is 14.4 Å². The Kier molecular flexibility index (Phi) is 25.0. The van der Waals surface area contributed by atoms with E-state index in [-0.39, 0.29) is 38.8 Å². The summed E-state index contributed by atoms with van der Waals surface area (Å²) in [7, 11) is 0. The predicted octanol–water partition coefficient (Wildman–Crippen LogP) is 4.44. The van der Waals surface area contributed by atoms with E-state index in [1.807, 2.05) is 12.1 Å². The Morgan fingerprint density at radius 1 is 0.580 bits per heavy atom. The minimum absolute atomic E-state index is 0.0573. The van der Waals surface area contributed by atoms with E-state index in [2.05, 4.69) is 26.6 Å². The molecule has 26 heteroatoms. The van der Waals surface area contributed by atoms with Gasteiger partial charge in [0.15, 0.2) is 37.0 Å². The Bertz CT molecular complexity index is 2300. The second-order valence-corrected chi connectivity index (χ2v) is 23.0. The number of rotatable bonds is 21. The first kappa shape index (κ1) is 67.2. The zero-order valence-electron chi connectivity index (χ0n) is 49.2. The SMILES string of the molecule is CCC[C@H](OC(C)=O)C(=O)N[C@@H]1C[C@@H](NC(=O)OC(C)(C)C)C(O[C@H]2O[C@H](CNC(=O)OC(C)(C)C)CCC2NC(=O)OC(C)(C)C)C(OC(C)=O)[C@H]1O[C@H]1OC(COC(C)=O)[C@@H](OC(C)=O)[C@H](NCc2ccccc2)C1OC(C)=O. The van der Waals surface area contributed by atoms with E-state index in [4.69, 9.17) is 56.8 Å². The maximum Gasteiger partial charge on any atom is 0.408 e. The molecule has 81 heavy (non-hydrogen) atoms. The Hall–Kier alpha value is -6.35. The number of hydrogen-bond donors (Lipinski definition) is 5. The fourth-order valence-corrected chi connectivity index (χ4v) is 9.21. The highest BCUT2D eigenvalue weighted by molar-refractivity contribution is 5.83. The number of carbonyl (C=O) groups is 9. The summed E-state index contributed by atoms with van der Waals surface area (Å²) < 4.78 is 72.6. The smallest absolute Gasteiger partial charge is 0.408 e. The topological polar surface area (TPSA) is 325 Å². The van der Waals surface area contributed by atoms with Crippen molar-refractivity contribution in [2.24, 2.45) is 0 Å². The van der Waals surface area contributed by atoms with Gasteiger partial charge in [0, 0.05) is 47.7 Å². The van der Waals surface area contributed by atoms with Crippen LogP contribution in [0.2, 0.25) is 0 Å². The minimum atomic E-state index is -1.79. The van der Waals surface area contributed by atoms with Crippen molar-refractivity contribution >= 4 is 54.0 Å². The van der Waals surface area contributed by atoms with Gasteiger partial charge in [0.25, 0.3) is 5.91 Å². The van der Waals surface area contributed by atoms with E-state index in [0.29, 0.717) is 6.42 Å². The third-order valence-electron chi connectivity index (χ3n) is 12.1. The predicted molar refractivity (Wildman–Crippen MR) is 284 cm³/mol. The molecule has 26 nitrogen and oxygen atoms in total. The molecule has 0 radical (unpaired) electrons. The van der Waals surface area contributed by atoms with Crippen LogP contribution in [0.15, 0.2) is 30.3 Å². The molecule has 4 amide bonds. The molecule has 1 aliphatic carbocycles. The zero-order chi connectivity index (χ0) is 60.6. The molecule has 5 N–H and O–H groups in total. The molecule has 1 aromatic carbocycles. The molecule has 5 unspecified atom stereocenters. The number of nitrogens with one attached hydrogen (secondary N) is 5. The van der Waals surface area contributed by atoms with Crippen LogP contribution in [0.5, 0.6) is 0 Å². The molecule has 2 aliphatic heterocycles. The summed E-state index contributed by atoms with van der Waals surface area (Å²) >= 11 is 0. The summed E-state index contributed by atoms with van der Waals surface area (Å²) in [6, 6.07) is 4.05. The van der Waals surface area contributed by atoms with E-state index in [1.54, 1.807) is 87.4 Å². The molecule has 3 aliphatic rings. The van der Waals surface area contributed by atoms with Crippen LogP contribution >= 0.6 is 0 Å². The molecule has 4 rings (SSSR count). The first-order valence-corrected chi connectivity index (χ1v) is 27.2. The number of esters is 5. The van der Waals surface area contributed by atoms with E-state index in [1.165, 1.54) is 0 Å². The molecule has 0 bridgehead atoms. The van der Waals surface area contributed by atoms with Crippen LogP contribution in [0, 0.1) is 0 Å². The van der Waals surface area contributed by atoms with Gasteiger partial charge < -0.3 is 83.4 Å². The van der Waals surface area contributed by atoms with Gasteiger partial charge in [-0.25, -0.2) is 14.4 Å². The van der Waals surface area contributed by atoms with Crippen molar-refractivity contribution in [1.29, 1.82) is 0 Å². The van der Waals surface area contributed by atoms with Crippen molar-refractivity contribution in [1.82, 2.24) is 26.6 Å². The Morgan fingerprint density at radius 3 is 1.63 bits per heavy atom. The van der Waals surface area contributed by atoms with Gasteiger partial charge in [-0.05, 0) is 93.6 Å². The van der Waals surface area contributed by atoms with Crippen LogP contribution < -0.4 is 26.6 Å². The molecule has 1 aromatic rings.